The predicted octanol–water partition coefficient (Wildman–Crippen LogP) is 3.37. The highest BCUT2D eigenvalue weighted by atomic mass is 14.9. The summed E-state index contributed by atoms with van der Waals surface area (Å²) >= 11 is 0. The lowest BCUT2D eigenvalue weighted by Gasteiger charge is -2.20. The van der Waals surface area contributed by atoms with Gasteiger partial charge in [0.15, 0.2) is 0 Å². The number of rotatable bonds is 3. The summed E-state index contributed by atoms with van der Waals surface area (Å²) in [5.74, 6) is 0. The highest BCUT2D eigenvalue weighted by Crippen LogP contribution is 2.11. The molecular weight excluding hydrogens is 208 g/mol. The lowest BCUT2D eigenvalue weighted by Crippen LogP contribution is -2.35. The van der Waals surface area contributed by atoms with Crippen LogP contribution >= 0.6 is 0 Å². The third-order valence-corrected chi connectivity index (χ3v) is 2.66. The van der Waals surface area contributed by atoms with E-state index in [0.717, 1.165) is 6.54 Å². The highest BCUT2D eigenvalue weighted by molar-refractivity contribution is 5.35. The van der Waals surface area contributed by atoms with Gasteiger partial charge < -0.3 is 9.88 Å². The van der Waals surface area contributed by atoms with Crippen LogP contribution in [-0.4, -0.2) is 10.1 Å². The van der Waals surface area contributed by atoms with Crippen molar-refractivity contribution >= 4 is 0 Å². The Morgan fingerprint density at radius 3 is 2.12 bits per heavy atom. The average Bonchev–Trinajstić information content (AvgIpc) is 2.79. The zero-order valence-electron chi connectivity index (χ0n) is 10.8. The van der Waals surface area contributed by atoms with E-state index in [0.29, 0.717) is 0 Å². The molecule has 90 valence electrons. The van der Waals surface area contributed by atoms with E-state index in [1.54, 1.807) is 0 Å². The first-order chi connectivity index (χ1) is 8.04. The van der Waals surface area contributed by atoms with E-state index in [9.17, 15) is 0 Å². The molecule has 1 aromatic carbocycles. The predicted molar refractivity (Wildman–Crippen MR) is 72.4 cm³/mol. The highest BCUT2D eigenvalue weighted by Gasteiger charge is 2.07. The summed E-state index contributed by atoms with van der Waals surface area (Å²) in [6.07, 6.45) is 4.12. The second kappa shape index (κ2) is 4.76. The summed E-state index contributed by atoms with van der Waals surface area (Å²) in [6.45, 7) is 7.46. The SMILES string of the molecule is CC(C)(C)NCc1ccc(-n2cccc2)cc1. The molecule has 1 N–H and O–H groups in total. The van der Waals surface area contributed by atoms with Gasteiger partial charge in [-0.2, -0.15) is 0 Å². The van der Waals surface area contributed by atoms with Gasteiger partial charge in [-0.1, -0.05) is 12.1 Å². The molecule has 2 rings (SSSR count). The molecule has 0 amide bonds. The average molecular weight is 228 g/mol. The van der Waals surface area contributed by atoms with Crippen LogP contribution in [0.5, 0.6) is 0 Å². The molecule has 0 atom stereocenters. The standard InChI is InChI=1S/C15H20N2/c1-15(2,3)16-12-13-6-8-14(9-7-13)17-10-4-5-11-17/h4-11,16H,12H2,1-3H3. The molecule has 0 fully saturated rings. The fourth-order valence-electron chi connectivity index (χ4n) is 1.66. The van der Waals surface area contributed by atoms with Gasteiger partial charge in [-0.15, -0.1) is 0 Å². The van der Waals surface area contributed by atoms with Crippen molar-refractivity contribution in [3.63, 3.8) is 0 Å². The maximum atomic E-state index is 3.49. The van der Waals surface area contributed by atoms with E-state index in [1.165, 1.54) is 11.3 Å². The Morgan fingerprint density at radius 1 is 1.00 bits per heavy atom. The van der Waals surface area contributed by atoms with Crippen LogP contribution in [0.15, 0.2) is 48.8 Å². The van der Waals surface area contributed by atoms with E-state index in [2.05, 4.69) is 67.3 Å². The minimum absolute atomic E-state index is 0.166. The van der Waals surface area contributed by atoms with E-state index in [4.69, 9.17) is 0 Å². The van der Waals surface area contributed by atoms with Crippen LogP contribution in [0.1, 0.15) is 26.3 Å². The lowest BCUT2D eigenvalue weighted by atomic mass is 10.1. The number of nitrogens with zero attached hydrogens (tertiary/aromatic N) is 1. The topological polar surface area (TPSA) is 17.0 Å². The monoisotopic (exact) mass is 228 g/mol. The van der Waals surface area contributed by atoms with Crippen molar-refractivity contribution in [3.05, 3.63) is 54.4 Å². The first-order valence-electron chi connectivity index (χ1n) is 6.02. The molecule has 1 heterocycles. The van der Waals surface area contributed by atoms with Gasteiger partial charge in [-0.3, -0.25) is 0 Å². The molecule has 1 aromatic heterocycles. The fourth-order valence-corrected chi connectivity index (χ4v) is 1.66. The first kappa shape index (κ1) is 11.9. The van der Waals surface area contributed by atoms with Crippen LogP contribution in [-0.2, 0) is 6.54 Å². The van der Waals surface area contributed by atoms with Crippen LogP contribution in [0.4, 0.5) is 0 Å². The Labute approximate surface area is 103 Å². The smallest absolute Gasteiger partial charge is 0.0449 e. The first-order valence-corrected chi connectivity index (χ1v) is 6.02. The molecule has 0 unspecified atom stereocenters. The largest absolute Gasteiger partial charge is 0.324 e. The third-order valence-electron chi connectivity index (χ3n) is 2.66. The Balaban J connectivity index is 2.04. The van der Waals surface area contributed by atoms with Gasteiger partial charge in [-0.05, 0) is 50.6 Å². The van der Waals surface area contributed by atoms with Gasteiger partial charge in [0.05, 0.1) is 0 Å². The number of benzene rings is 1. The van der Waals surface area contributed by atoms with Crippen LogP contribution < -0.4 is 5.32 Å². The van der Waals surface area contributed by atoms with E-state index >= 15 is 0 Å². The molecule has 0 radical (unpaired) electrons. The molecule has 2 heteroatoms. The van der Waals surface area contributed by atoms with Crippen molar-refractivity contribution < 1.29 is 0 Å². The summed E-state index contributed by atoms with van der Waals surface area (Å²) in [6, 6.07) is 12.7. The molecule has 17 heavy (non-hydrogen) atoms. The molecule has 0 saturated carbocycles. The van der Waals surface area contributed by atoms with Crippen LogP contribution in [0, 0.1) is 0 Å². The van der Waals surface area contributed by atoms with Crippen molar-refractivity contribution in [1.29, 1.82) is 0 Å². The van der Waals surface area contributed by atoms with Gasteiger partial charge in [-0.25, -0.2) is 0 Å². The third kappa shape index (κ3) is 3.46. The summed E-state index contributed by atoms with van der Waals surface area (Å²) in [5, 5.41) is 3.49. The Morgan fingerprint density at radius 2 is 1.59 bits per heavy atom. The summed E-state index contributed by atoms with van der Waals surface area (Å²) < 4.78 is 2.11. The Hall–Kier alpha value is -1.54. The van der Waals surface area contributed by atoms with Gasteiger partial charge in [0.2, 0.25) is 0 Å². The van der Waals surface area contributed by atoms with Crippen molar-refractivity contribution in [2.75, 3.05) is 0 Å². The second-order valence-electron chi connectivity index (χ2n) is 5.36. The summed E-state index contributed by atoms with van der Waals surface area (Å²) in [7, 11) is 0. The van der Waals surface area contributed by atoms with E-state index in [-0.39, 0.29) is 5.54 Å². The van der Waals surface area contributed by atoms with Gasteiger partial charge in [0.25, 0.3) is 0 Å². The van der Waals surface area contributed by atoms with Gasteiger partial charge in [0, 0.05) is 30.2 Å². The molecule has 0 spiro atoms. The minimum Gasteiger partial charge on any atom is -0.324 e. The zero-order valence-corrected chi connectivity index (χ0v) is 10.8. The van der Waals surface area contributed by atoms with E-state index < -0.39 is 0 Å². The number of nitrogens with one attached hydrogen (secondary N) is 1. The molecule has 0 bridgehead atoms. The summed E-state index contributed by atoms with van der Waals surface area (Å²) in [5.41, 5.74) is 2.68. The quantitative estimate of drug-likeness (QED) is 0.852. The normalized spacial score (nSPS) is 11.7. The van der Waals surface area contributed by atoms with Crippen molar-refractivity contribution in [2.45, 2.75) is 32.9 Å². The second-order valence-corrected chi connectivity index (χ2v) is 5.36. The molecule has 0 aliphatic rings. The Kier molecular flexibility index (Phi) is 3.34. The zero-order chi connectivity index (χ0) is 12.3. The van der Waals surface area contributed by atoms with Crippen LogP contribution in [0.25, 0.3) is 5.69 Å². The number of hydrogen-bond acceptors (Lipinski definition) is 1. The minimum atomic E-state index is 0.166. The molecule has 2 aromatic rings. The lowest BCUT2D eigenvalue weighted by molar-refractivity contribution is 0.424. The van der Waals surface area contributed by atoms with Crippen LogP contribution in [0.3, 0.4) is 0 Å². The van der Waals surface area contributed by atoms with E-state index in [1.807, 2.05) is 12.1 Å². The maximum absolute atomic E-state index is 3.49. The molecular formula is C15H20N2. The molecule has 0 saturated heterocycles. The van der Waals surface area contributed by atoms with Crippen molar-refractivity contribution in [2.24, 2.45) is 0 Å². The summed E-state index contributed by atoms with van der Waals surface area (Å²) in [4.78, 5) is 0. The van der Waals surface area contributed by atoms with Gasteiger partial charge in [0.1, 0.15) is 0 Å². The fraction of sp³-hybridized carbons (Fsp3) is 0.333. The van der Waals surface area contributed by atoms with Gasteiger partial charge >= 0.3 is 0 Å². The van der Waals surface area contributed by atoms with Crippen molar-refractivity contribution in [1.82, 2.24) is 9.88 Å². The molecule has 0 aliphatic heterocycles. The molecule has 2 nitrogen and oxygen atoms in total. The Bertz CT molecular complexity index is 447. The maximum Gasteiger partial charge on any atom is 0.0449 e. The number of hydrogen-bond donors (Lipinski definition) is 1. The van der Waals surface area contributed by atoms with Crippen LogP contribution in [0.2, 0.25) is 0 Å². The molecule has 0 aliphatic carbocycles. The van der Waals surface area contributed by atoms with Crippen molar-refractivity contribution in [3.8, 4) is 5.69 Å². The number of aromatic nitrogens is 1.